The maximum absolute atomic E-state index is 5.53. The molecule has 3 heteroatoms. The normalized spacial score (nSPS) is 34.4. The Morgan fingerprint density at radius 3 is 3.00 bits per heavy atom. The van der Waals surface area contributed by atoms with Crippen molar-refractivity contribution in [2.75, 3.05) is 6.61 Å². The number of hydrogen-bond donors (Lipinski definition) is 0. The van der Waals surface area contributed by atoms with Gasteiger partial charge < -0.3 is 0 Å². The van der Waals surface area contributed by atoms with E-state index in [0.29, 0.717) is 6.10 Å². The molecule has 0 N–H and O–H groups in total. The summed E-state index contributed by atoms with van der Waals surface area (Å²) < 4.78 is 6.92. The maximum atomic E-state index is 5.53. The van der Waals surface area contributed by atoms with Gasteiger partial charge in [-0.1, -0.05) is 0 Å². The first-order chi connectivity index (χ1) is 4.34. The van der Waals surface area contributed by atoms with E-state index in [2.05, 4.69) is 18.8 Å². The Labute approximate surface area is 74.2 Å². The van der Waals surface area contributed by atoms with Gasteiger partial charge in [0.05, 0.1) is 0 Å². The summed E-state index contributed by atoms with van der Waals surface area (Å²) in [7, 11) is 0. The van der Waals surface area contributed by atoms with Gasteiger partial charge in [-0.3, -0.25) is 0 Å². The van der Waals surface area contributed by atoms with Gasteiger partial charge in [0.1, 0.15) is 0 Å². The minimum atomic E-state index is -0.578. The number of ether oxygens (including phenoxy) is 1. The van der Waals surface area contributed by atoms with E-state index in [0.717, 1.165) is 12.5 Å². The van der Waals surface area contributed by atoms with E-state index in [-0.39, 0.29) is 0 Å². The van der Waals surface area contributed by atoms with Crippen LogP contribution >= 0.6 is 11.9 Å². The Morgan fingerprint density at radius 2 is 2.56 bits per heavy atom. The summed E-state index contributed by atoms with van der Waals surface area (Å²) in [6.07, 6.45) is 1.91. The van der Waals surface area contributed by atoms with Crippen LogP contribution in [0.15, 0.2) is 0 Å². The van der Waals surface area contributed by atoms with Gasteiger partial charge in [0.25, 0.3) is 0 Å². The van der Waals surface area contributed by atoms with Crippen LogP contribution in [-0.2, 0) is 26.9 Å². The molecule has 1 saturated heterocycles. The Balaban J connectivity index is 2.22. The monoisotopic (exact) mass is 380 g/mol. The van der Waals surface area contributed by atoms with Crippen molar-refractivity contribution in [3.8, 4) is 0 Å². The fraction of sp³-hybridized carbons (Fsp3) is 1.00. The quantitative estimate of drug-likeness (QED) is 0.669. The third kappa shape index (κ3) is 2.47. The van der Waals surface area contributed by atoms with Gasteiger partial charge in [0, 0.05) is 0 Å². The molecule has 0 saturated carbocycles. The standard InChI is InChI=1S/C6H11O.BrH.Hg/c1-5-3-4-7-6(5)2;;/h5-6H,2-4H2,1H3;1H;/q;;+1/p-1/t5-,6-;;/m0../s1. The molecule has 0 aliphatic carbocycles. The van der Waals surface area contributed by atoms with Gasteiger partial charge in [0.15, 0.2) is 0 Å². The fourth-order valence-electron chi connectivity index (χ4n) is 1.23. The van der Waals surface area contributed by atoms with E-state index in [1.54, 1.807) is 0 Å². The van der Waals surface area contributed by atoms with E-state index in [4.69, 9.17) is 4.74 Å². The molecule has 0 aromatic carbocycles. The summed E-state index contributed by atoms with van der Waals surface area (Å²) in [6, 6.07) is 0. The summed E-state index contributed by atoms with van der Waals surface area (Å²) in [4.78, 5) is 0. The zero-order chi connectivity index (χ0) is 6.69. The van der Waals surface area contributed by atoms with Crippen molar-refractivity contribution in [2.45, 2.75) is 23.4 Å². The van der Waals surface area contributed by atoms with Crippen LogP contribution in [0, 0.1) is 5.92 Å². The predicted molar refractivity (Wildman–Crippen MR) is 37.3 cm³/mol. The molecular formula is C6H11BrHgO. The summed E-state index contributed by atoms with van der Waals surface area (Å²) in [5, 5.41) is 0. The average Bonchev–Trinajstić information content (AvgIpc) is 2.18. The molecule has 0 aromatic rings. The second-order valence-electron chi connectivity index (χ2n) is 2.65. The number of hydrogen-bond acceptors (Lipinski definition) is 1. The summed E-state index contributed by atoms with van der Waals surface area (Å²) in [5.41, 5.74) is 0. The van der Waals surface area contributed by atoms with Gasteiger partial charge in [-0.25, -0.2) is 0 Å². The third-order valence-corrected chi connectivity index (χ3v) is 9.01. The minimum absolute atomic E-state index is 0.578. The van der Waals surface area contributed by atoms with Crippen LogP contribution in [0.4, 0.5) is 0 Å². The Hall–Kier alpha value is 1.38. The molecule has 0 aromatic heterocycles. The molecule has 1 aliphatic heterocycles. The number of halogens is 1. The van der Waals surface area contributed by atoms with Gasteiger partial charge in [-0.2, -0.15) is 0 Å². The van der Waals surface area contributed by atoms with E-state index in [9.17, 15) is 0 Å². The van der Waals surface area contributed by atoms with Crippen LogP contribution in [0.25, 0.3) is 0 Å². The molecule has 0 spiro atoms. The van der Waals surface area contributed by atoms with Crippen LogP contribution in [0.2, 0.25) is 3.93 Å². The zero-order valence-corrected chi connectivity index (χ0v) is 12.9. The van der Waals surface area contributed by atoms with Crippen molar-refractivity contribution in [1.29, 1.82) is 0 Å². The van der Waals surface area contributed by atoms with Crippen molar-refractivity contribution in [2.24, 2.45) is 5.92 Å². The molecule has 0 radical (unpaired) electrons. The van der Waals surface area contributed by atoms with Crippen LogP contribution in [0.5, 0.6) is 0 Å². The topological polar surface area (TPSA) is 9.23 Å². The molecule has 1 aliphatic rings. The van der Waals surface area contributed by atoms with E-state index >= 15 is 0 Å². The van der Waals surface area contributed by atoms with Gasteiger partial charge >= 0.3 is 74.7 Å². The molecule has 1 fully saturated rings. The Kier molecular flexibility index (Phi) is 4.04. The first-order valence-electron chi connectivity index (χ1n) is 3.52. The fourth-order valence-corrected chi connectivity index (χ4v) is 8.89. The SMILES string of the molecule is C[C@H]1CCO[C@H]1[CH2][Hg][Br]. The molecule has 9 heavy (non-hydrogen) atoms. The van der Waals surface area contributed by atoms with Gasteiger partial charge in [-0.15, -0.1) is 0 Å². The molecule has 50 valence electrons. The van der Waals surface area contributed by atoms with Crippen molar-refractivity contribution in [1.82, 2.24) is 0 Å². The molecule has 0 bridgehead atoms. The van der Waals surface area contributed by atoms with E-state index < -0.39 is 22.1 Å². The Bertz CT molecular complexity index is 89.1. The van der Waals surface area contributed by atoms with Crippen LogP contribution in [0.3, 0.4) is 0 Å². The second kappa shape index (κ2) is 4.29. The predicted octanol–water partition coefficient (Wildman–Crippen LogP) is 2.22. The van der Waals surface area contributed by atoms with Crippen LogP contribution in [0.1, 0.15) is 13.3 Å². The Morgan fingerprint density at radius 1 is 1.78 bits per heavy atom. The first-order valence-corrected chi connectivity index (χ1v) is 19.3. The molecule has 1 heterocycles. The molecular weight excluding hydrogens is 369 g/mol. The van der Waals surface area contributed by atoms with Crippen molar-refractivity contribution < 1.29 is 26.9 Å². The van der Waals surface area contributed by atoms with Crippen molar-refractivity contribution >= 4 is 11.9 Å². The van der Waals surface area contributed by atoms with E-state index in [1.807, 2.05) is 0 Å². The average molecular weight is 380 g/mol. The molecule has 2 atom stereocenters. The molecule has 1 rings (SSSR count). The van der Waals surface area contributed by atoms with Crippen molar-refractivity contribution in [3.05, 3.63) is 0 Å². The third-order valence-electron chi connectivity index (χ3n) is 1.93. The number of rotatable bonds is 2. The summed E-state index contributed by atoms with van der Waals surface area (Å²) in [5.74, 6) is 0.836. The second-order valence-corrected chi connectivity index (χ2v) is 13.3. The van der Waals surface area contributed by atoms with Gasteiger partial charge in [0.2, 0.25) is 0 Å². The summed E-state index contributed by atoms with van der Waals surface area (Å²) >= 11 is 3.05. The molecule has 0 amide bonds. The van der Waals surface area contributed by atoms with Crippen LogP contribution in [-0.4, -0.2) is 12.7 Å². The first kappa shape index (κ1) is 8.47. The van der Waals surface area contributed by atoms with Gasteiger partial charge in [-0.05, 0) is 0 Å². The van der Waals surface area contributed by atoms with Crippen molar-refractivity contribution in [3.63, 3.8) is 0 Å². The van der Waals surface area contributed by atoms with E-state index in [1.165, 1.54) is 10.4 Å². The van der Waals surface area contributed by atoms with Crippen LogP contribution < -0.4 is 0 Å². The summed E-state index contributed by atoms with van der Waals surface area (Å²) in [6.45, 7) is 3.31. The molecule has 0 unspecified atom stereocenters. The zero-order valence-electron chi connectivity index (χ0n) is 5.77. The molecule has 1 nitrogen and oxygen atoms in total.